The molecule has 0 radical (unpaired) electrons. The van der Waals surface area contributed by atoms with Crippen molar-refractivity contribution in [2.45, 2.75) is 43.4 Å². The highest BCUT2D eigenvalue weighted by Gasteiger charge is 2.55. The number of nitrogens with zero attached hydrogens (tertiary/aromatic N) is 2. The maximum atomic E-state index is 12.7. The minimum atomic E-state index is -3.57. The summed E-state index contributed by atoms with van der Waals surface area (Å²) in [6.07, 6.45) is 1.98. The number of aliphatic hydroxyl groups is 1. The lowest BCUT2D eigenvalue weighted by atomic mass is 9.91. The number of benzene rings is 1. The third-order valence-corrected chi connectivity index (χ3v) is 7.01. The number of carbonyl (C=O) groups excluding carboxylic acids is 1. The van der Waals surface area contributed by atoms with Gasteiger partial charge in [0.25, 0.3) is 0 Å². The Morgan fingerprint density at radius 1 is 1.22 bits per heavy atom. The van der Waals surface area contributed by atoms with Gasteiger partial charge >= 0.3 is 0 Å². The van der Waals surface area contributed by atoms with E-state index in [-0.39, 0.29) is 29.8 Å². The molecular weight excluding hydrogens is 316 g/mol. The van der Waals surface area contributed by atoms with Crippen LogP contribution in [0.2, 0.25) is 0 Å². The fourth-order valence-corrected chi connectivity index (χ4v) is 5.13. The van der Waals surface area contributed by atoms with Crippen LogP contribution in [0.25, 0.3) is 0 Å². The first-order chi connectivity index (χ1) is 10.8. The summed E-state index contributed by atoms with van der Waals surface area (Å²) in [5.41, 5.74) is 1.06. The van der Waals surface area contributed by atoms with Gasteiger partial charge in [-0.2, -0.15) is 4.31 Å². The monoisotopic (exact) mass is 336 g/mol. The van der Waals surface area contributed by atoms with Crippen LogP contribution in [0.15, 0.2) is 23.1 Å². The van der Waals surface area contributed by atoms with E-state index in [4.69, 9.17) is 0 Å². The minimum absolute atomic E-state index is 0.0113. The van der Waals surface area contributed by atoms with Crippen molar-refractivity contribution in [2.24, 2.45) is 5.92 Å². The van der Waals surface area contributed by atoms with E-state index in [0.717, 1.165) is 24.0 Å². The van der Waals surface area contributed by atoms with Crippen LogP contribution in [0.5, 0.6) is 0 Å². The fourth-order valence-electron chi connectivity index (χ4n) is 3.52. The summed E-state index contributed by atoms with van der Waals surface area (Å²) in [5.74, 6) is 0.251. The lowest BCUT2D eigenvalue weighted by molar-refractivity contribution is -0.129. The summed E-state index contributed by atoms with van der Waals surface area (Å²) < 4.78 is 26.7. The van der Waals surface area contributed by atoms with Gasteiger partial charge in [-0.1, -0.05) is 6.07 Å². The molecule has 3 aliphatic rings. The van der Waals surface area contributed by atoms with Crippen LogP contribution in [-0.2, 0) is 27.9 Å². The summed E-state index contributed by atoms with van der Waals surface area (Å²) in [5, 5.41) is 10.3. The van der Waals surface area contributed by atoms with E-state index in [0.29, 0.717) is 13.1 Å². The molecule has 1 saturated heterocycles. The van der Waals surface area contributed by atoms with E-state index < -0.39 is 15.6 Å². The topological polar surface area (TPSA) is 77.9 Å². The van der Waals surface area contributed by atoms with E-state index in [1.54, 1.807) is 23.1 Å². The molecule has 23 heavy (non-hydrogen) atoms. The Morgan fingerprint density at radius 2 is 1.87 bits per heavy atom. The molecule has 2 heterocycles. The van der Waals surface area contributed by atoms with Crippen LogP contribution < -0.4 is 0 Å². The summed E-state index contributed by atoms with van der Waals surface area (Å²) in [4.78, 5) is 13.4. The first kappa shape index (κ1) is 15.1. The van der Waals surface area contributed by atoms with Crippen molar-refractivity contribution in [3.05, 3.63) is 29.3 Å². The Bertz CT molecular complexity index is 779. The molecule has 4 rings (SSSR count). The highest BCUT2D eigenvalue weighted by atomic mass is 32.2. The molecule has 1 aromatic carbocycles. The second-order valence-corrected chi connectivity index (χ2v) is 8.89. The molecule has 124 valence electrons. The zero-order chi connectivity index (χ0) is 16.4. The number of sulfonamides is 1. The largest absolute Gasteiger partial charge is 0.387 e. The van der Waals surface area contributed by atoms with Crippen LogP contribution in [0.3, 0.4) is 0 Å². The molecular formula is C16H20N2O4S. The number of fused-ring (bicyclic) bond motifs is 1. The molecule has 0 atom stereocenters. The fraction of sp³-hybridized carbons (Fsp3) is 0.562. The van der Waals surface area contributed by atoms with Crippen molar-refractivity contribution in [1.29, 1.82) is 0 Å². The maximum absolute atomic E-state index is 12.7. The number of rotatable bonds is 3. The summed E-state index contributed by atoms with van der Waals surface area (Å²) >= 11 is 0. The van der Waals surface area contributed by atoms with Crippen molar-refractivity contribution in [3.63, 3.8) is 0 Å². The number of hydrogen-bond donors (Lipinski definition) is 1. The van der Waals surface area contributed by atoms with Crippen molar-refractivity contribution in [1.82, 2.24) is 9.21 Å². The van der Waals surface area contributed by atoms with E-state index >= 15 is 0 Å². The van der Waals surface area contributed by atoms with Gasteiger partial charge in [0.05, 0.1) is 10.5 Å². The van der Waals surface area contributed by atoms with E-state index in [2.05, 4.69) is 0 Å². The zero-order valence-electron chi connectivity index (χ0n) is 13.0. The second-order valence-electron chi connectivity index (χ2n) is 6.96. The predicted molar refractivity (Wildman–Crippen MR) is 82.8 cm³/mol. The molecule has 1 aromatic rings. The van der Waals surface area contributed by atoms with E-state index in [9.17, 15) is 18.3 Å². The first-order valence-electron chi connectivity index (χ1n) is 7.89. The molecule has 0 aromatic heterocycles. The first-order valence-corrected chi connectivity index (χ1v) is 9.33. The van der Waals surface area contributed by atoms with Gasteiger partial charge < -0.3 is 10.0 Å². The minimum Gasteiger partial charge on any atom is -0.387 e. The molecule has 2 fully saturated rings. The van der Waals surface area contributed by atoms with Crippen molar-refractivity contribution in [3.8, 4) is 0 Å². The zero-order valence-corrected chi connectivity index (χ0v) is 13.8. The number of carbonyl (C=O) groups is 1. The van der Waals surface area contributed by atoms with Crippen molar-refractivity contribution in [2.75, 3.05) is 13.1 Å². The van der Waals surface area contributed by atoms with Gasteiger partial charge in [0.15, 0.2) is 0 Å². The smallest absolute Gasteiger partial charge is 0.243 e. The SMILES string of the molecule is CC(=O)N1Cc2ccc(S(=O)(=O)N3CC(O)(C4CC4)C3)cc2C1. The predicted octanol–water partition coefficient (Wildman–Crippen LogP) is 0.694. The standard InChI is InChI=1S/C16H20N2O4S/c1-11(19)17-7-12-2-5-15(6-13(12)8-17)23(21,22)18-9-16(20,10-18)14-3-4-14/h2,5-6,14,20H,3-4,7-10H2,1H3. The normalized spacial score (nSPS) is 23.5. The molecule has 1 amide bonds. The molecule has 0 spiro atoms. The molecule has 0 unspecified atom stereocenters. The number of amides is 1. The van der Waals surface area contributed by atoms with E-state index in [1.807, 2.05) is 0 Å². The second kappa shape index (κ2) is 4.78. The van der Waals surface area contributed by atoms with Gasteiger partial charge in [0.2, 0.25) is 15.9 Å². The Hall–Kier alpha value is -1.44. The van der Waals surface area contributed by atoms with Crippen LogP contribution in [0.1, 0.15) is 30.9 Å². The van der Waals surface area contributed by atoms with Crippen molar-refractivity contribution < 1.29 is 18.3 Å². The van der Waals surface area contributed by atoms with Crippen LogP contribution in [-0.4, -0.2) is 47.3 Å². The highest BCUT2D eigenvalue weighted by molar-refractivity contribution is 7.89. The van der Waals surface area contributed by atoms with Gasteiger partial charge in [0.1, 0.15) is 0 Å². The molecule has 1 N–H and O–H groups in total. The highest BCUT2D eigenvalue weighted by Crippen LogP contribution is 2.46. The third kappa shape index (κ3) is 2.38. The van der Waals surface area contributed by atoms with Crippen LogP contribution in [0, 0.1) is 5.92 Å². The lowest BCUT2D eigenvalue weighted by Crippen LogP contribution is -2.64. The molecule has 6 nitrogen and oxygen atoms in total. The Morgan fingerprint density at radius 3 is 2.48 bits per heavy atom. The van der Waals surface area contributed by atoms with Gasteiger partial charge in [0, 0.05) is 33.1 Å². The van der Waals surface area contributed by atoms with Gasteiger partial charge in [-0.25, -0.2) is 8.42 Å². The maximum Gasteiger partial charge on any atom is 0.243 e. The van der Waals surface area contributed by atoms with Crippen LogP contribution >= 0.6 is 0 Å². The molecule has 7 heteroatoms. The third-order valence-electron chi connectivity index (χ3n) is 5.22. The Kier molecular flexibility index (Phi) is 3.14. The molecule has 1 saturated carbocycles. The average molecular weight is 336 g/mol. The average Bonchev–Trinajstić information content (AvgIpc) is 3.22. The van der Waals surface area contributed by atoms with Crippen LogP contribution in [0.4, 0.5) is 0 Å². The van der Waals surface area contributed by atoms with E-state index in [1.165, 1.54) is 11.2 Å². The molecule has 0 bridgehead atoms. The summed E-state index contributed by atoms with van der Waals surface area (Å²) in [6, 6.07) is 5.06. The quantitative estimate of drug-likeness (QED) is 0.881. The van der Waals surface area contributed by atoms with Gasteiger partial charge in [-0.15, -0.1) is 0 Å². The number of β-amino-alcohol motifs (C(OH)–C–C–N with tert-alkyl or cyclic N) is 1. The Labute approximate surface area is 135 Å². The Balaban J connectivity index is 1.55. The number of hydrogen-bond acceptors (Lipinski definition) is 4. The van der Waals surface area contributed by atoms with Gasteiger partial charge in [-0.3, -0.25) is 4.79 Å². The summed E-state index contributed by atoms with van der Waals surface area (Å²) in [7, 11) is -3.57. The lowest BCUT2D eigenvalue weighted by Gasteiger charge is -2.45. The summed E-state index contributed by atoms with van der Waals surface area (Å²) in [6.45, 7) is 2.89. The molecule has 1 aliphatic carbocycles. The van der Waals surface area contributed by atoms with Crippen molar-refractivity contribution >= 4 is 15.9 Å². The molecule has 2 aliphatic heterocycles. The van der Waals surface area contributed by atoms with Gasteiger partial charge in [-0.05, 0) is 42.0 Å².